The third kappa shape index (κ3) is 5.01. The topological polar surface area (TPSA) is 16.4 Å². The van der Waals surface area contributed by atoms with Gasteiger partial charge in [0.25, 0.3) is 0 Å². The monoisotopic (exact) mass is 613 g/mol. The van der Waals surface area contributed by atoms with Gasteiger partial charge in [-0.1, -0.05) is 133 Å². The lowest BCUT2D eigenvalue weighted by molar-refractivity contribution is 0.669. The number of rotatable bonds is 6. The third-order valence-electron chi connectivity index (χ3n) is 9.26. The van der Waals surface area contributed by atoms with Crippen LogP contribution in [0.25, 0.3) is 66.1 Å². The highest BCUT2D eigenvalue weighted by Crippen LogP contribution is 2.40. The van der Waals surface area contributed by atoms with E-state index in [0.717, 1.165) is 33.6 Å². The predicted molar refractivity (Wildman–Crippen MR) is 202 cm³/mol. The van der Waals surface area contributed by atoms with E-state index in [1.54, 1.807) is 0 Å². The molecule has 48 heavy (non-hydrogen) atoms. The van der Waals surface area contributed by atoms with Crippen molar-refractivity contribution in [3.05, 3.63) is 188 Å². The van der Waals surface area contributed by atoms with Crippen LogP contribution in [-0.4, -0.2) is 0 Å². The number of para-hydroxylation sites is 1. The molecule has 0 radical (unpaired) electrons. The van der Waals surface area contributed by atoms with Crippen LogP contribution in [-0.2, 0) is 0 Å². The van der Waals surface area contributed by atoms with Crippen molar-refractivity contribution in [1.29, 1.82) is 0 Å². The summed E-state index contributed by atoms with van der Waals surface area (Å²) in [7, 11) is 0. The number of benzene rings is 8. The minimum absolute atomic E-state index is 0.924. The number of hydrogen-bond donors (Lipinski definition) is 0. The van der Waals surface area contributed by atoms with Crippen LogP contribution in [0.4, 0.5) is 17.1 Å². The molecule has 1 aromatic heterocycles. The summed E-state index contributed by atoms with van der Waals surface area (Å²) in [6.45, 7) is 0. The van der Waals surface area contributed by atoms with E-state index in [2.05, 4.69) is 181 Å². The van der Waals surface area contributed by atoms with E-state index in [1.807, 2.05) is 12.1 Å². The Morgan fingerprint density at radius 3 is 1.56 bits per heavy atom. The first kappa shape index (κ1) is 27.9. The van der Waals surface area contributed by atoms with Crippen molar-refractivity contribution in [1.82, 2.24) is 0 Å². The largest absolute Gasteiger partial charge is 0.456 e. The molecule has 1 heterocycles. The summed E-state index contributed by atoms with van der Waals surface area (Å²) in [6, 6.07) is 66.9. The number of fused-ring (bicyclic) bond motifs is 5. The zero-order valence-electron chi connectivity index (χ0n) is 26.3. The second kappa shape index (κ2) is 11.8. The molecule has 0 N–H and O–H groups in total. The van der Waals surface area contributed by atoms with Gasteiger partial charge in [-0.3, -0.25) is 0 Å². The summed E-state index contributed by atoms with van der Waals surface area (Å²) < 4.78 is 6.14. The SMILES string of the molecule is c1ccc(-c2ccc(N(c3ccc(-c4ccc5c(ccc6oc7ccccc7c65)c4)cc3)c3cccc(-c4ccccc4)c3)cc2)cc1. The summed E-state index contributed by atoms with van der Waals surface area (Å²) in [5.74, 6) is 0. The Labute approximate surface area is 279 Å². The van der Waals surface area contributed by atoms with Crippen LogP contribution in [0.15, 0.2) is 192 Å². The van der Waals surface area contributed by atoms with Crippen LogP contribution in [0, 0.1) is 0 Å². The Morgan fingerprint density at radius 1 is 0.312 bits per heavy atom. The molecule has 2 nitrogen and oxygen atoms in total. The molecule has 0 saturated carbocycles. The molecule has 0 atom stereocenters. The summed E-state index contributed by atoms with van der Waals surface area (Å²) >= 11 is 0. The van der Waals surface area contributed by atoms with E-state index in [4.69, 9.17) is 4.42 Å². The summed E-state index contributed by atoms with van der Waals surface area (Å²) in [5, 5.41) is 4.75. The second-order valence-corrected chi connectivity index (χ2v) is 12.2. The molecule has 0 bridgehead atoms. The van der Waals surface area contributed by atoms with Crippen molar-refractivity contribution in [3.63, 3.8) is 0 Å². The van der Waals surface area contributed by atoms with Gasteiger partial charge >= 0.3 is 0 Å². The van der Waals surface area contributed by atoms with Gasteiger partial charge in [0.15, 0.2) is 0 Å². The lowest BCUT2D eigenvalue weighted by atomic mass is 9.98. The molecule has 0 saturated heterocycles. The first-order valence-corrected chi connectivity index (χ1v) is 16.3. The van der Waals surface area contributed by atoms with Gasteiger partial charge in [-0.05, 0) is 98.8 Å². The molecular formula is C46H31NO. The Balaban J connectivity index is 1.11. The molecule has 2 heteroatoms. The highest BCUT2D eigenvalue weighted by atomic mass is 16.3. The van der Waals surface area contributed by atoms with Crippen LogP contribution < -0.4 is 4.90 Å². The Kier molecular flexibility index (Phi) is 6.84. The van der Waals surface area contributed by atoms with Gasteiger partial charge in [0, 0.05) is 27.8 Å². The molecular weight excluding hydrogens is 583 g/mol. The second-order valence-electron chi connectivity index (χ2n) is 12.2. The molecule has 0 spiro atoms. The first-order chi connectivity index (χ1) is 23.8. The fraction of sp³-hybridized carbons (Fsp3) is 0. The van der Waals surface area contributed by atoms with Crippen molar-refractivity contribution in [2.75, 3.05) is 4.90 Å². The maximum absolute atomic E-state index is 6.14. The van der Waals surface area contributed by atoms with Gasteiger partial charge in [-0.2, -0.15) is 0 Å². The Hall–Kier alpha value is -6.38. The summed E-state index contributed by atoms with van der Waals surface area (Å²) in [4.78, 5) is 2.34. The van der Waals surface area contributed by atoms with E-state index in [-0.39, 0.29) is 0 Å². The van der Waals surface area contributed by atoms with Gasteiger partial charge in [-0.25, -0.2) is 0 Å². The lowest BCUT2D eigenvalue weighted by Gasteiger charge is -2.26. The summed E-state index contributed by atoms with van der Waals surface area (Å²) in [6.07, 6.45) is 0. The predicted octanol–water partition coefficient (Wildman–Crippen LogP) is 13.2. The zero-order valence-corrected chi connectivity index (χ0v) is 26.3. The molecule has 0 amide bonds. The van der Waals surface area contributed by atoms with Gasteiger partial charge in [0.05, 0.1) is 0 Å². The van der Waals surface area contributed by atoms with Crippen LogP contribution in [0.1, 0.15) is 0 Å². The van der Waals surface area contributed by atoms with Crippen LogP contribution in [0.5, 0.6) is 0 Å². The Morgan fingerprint density at radius 2 is 0.854 bits per heavy atom. The molecule has 0 aliphatic rings. The van der Waals surface area contributed by atoms with E-state index >= 15 is 0 Å². The normalized spacial score (nSPS) is 11.3. The fourth-order valence-corrected chi connectivity index (χ4v) is 6.87. The molecule has 0 unspecified atom stereocenters. The smallest absolute Gasteiger partial charge is 0.136 e. The average molecular weight is 614 g/mol. The van der Waals surface area contributed by atoms with Crippen molar-refractivity contribution in [2.24, 2.45) is 0 Å². The van der Waals surface area contributed by atoms with Gasteiger partial charge in [0.2, 0.25) is 0 Å². The number of nitrogens with zero attached hydrogens (tertiary/aromatic N) is 1. The highest BCUT2D eigenvalue weighted by Gasteiger charge is 2.15. The van der Waals surface area contributed by atoms with E-state index in [0.29, 0.717) is 0 Å². The fourth-order valence-electron chi connectivity index (χ4n) is 6.87. The lowest BCUT2D eigenvalue weighted by Crippen LogP contribution is -2.10. The number of hydrogen-bond acceptors (Lipinski definition) is 2. The minimum Gasteiger partial charge on any atom is -0.456 e. The maximum Gasteiger partial charge on any atom is 0.136 e. The number of furan rings is 1. The molecule has 9 aromatic rings. The van der Waals surface area contributed by atoms with Crippen molar-refractivity contribution in [3.8, 4) is 33.4 Å². The zero-order chi connectivity index (χ0) is 31.9. The first-order valence-electron chi connectivity index (χ1n) is 16.3. The average Bonchev–Trinajstić information content (AvgIpc) is 3.55. The standard InChI is InChI=1S/C46H31NO/c1-3-10-32(11-4-1)34-18-24-39(25-19-34)47(41-15-9-14-36(31-41)33-12-5-2-6-13-33)40-26-20-35(21-27-40)37-22-28-42-38(30-37)23-29-45-46(42)43-16-7-8-17-44(43)48-45/h1-31H. The third-order valence-corrected chi connectivity index (χ3v) is 9.26. The maximum atomic E-state index is 6.14. The van der Waals surface area contributed by atoms with E-state index in [9.17, 15) is 0 Å². The van der Waals surface area contributed by atoms with Crippen molar-refractivity contribution < 1.29 is 4.42 Å². The van der Waals surface area contributed by atoms with Crippen molar-refractivity contribution >= 4 is 49.8 Å². The molecule has 0 fully saturated rings. The Bertz CT molecular complexity index is 2530. The molecule has 0 aliphatic carbocycles. The summed E-state index contributed by atoms with van der Waals surface area (Å²) in [5.41, 5.74) is 12.3. The van der Waals surface area contributed by atoms with Crippen molar-refractivity contribution in [2.45, 2.75) is 0 Å². The quantitative estimate of drug-likeness (QED) is 0.185. The van der Waals surface area contributed by atoms with Gasteiger partial charge in [0.1, 0.15) is 11.2 Å². The highest BCUT2D eigenvalue weighted by molar-refractivity contribution is 6.19. The van der Waals surface area contributed by atoms with Crippen LogP contribution in [0.2, 0.25) is 0 Å². The molecule has 8 aromatic carbocycles. The molecule has 226 valence electrons. The number of anilines is 3. The molecule has 9 rings (SSSR count). The van der Waals surface area contributed by atoms with Crippen LogP contribution in [0.3, 0.4) is 0 Å². The van der Waals surface area contributed by atoms with Gasteiger partial charge < -0.3 is 9.32 Å². The van der Waals surface area contributed by atoms with E-state index in [1.165, 1.54) is 49.5 Å². The molecule has 0 aliphatic heterocycles. The van der Waals surface area contributed by atoms with Crippen LogP contribution >= 0.6 is 0 Å². The van der Waals surface area contributed by atoms with E-state index < -0.39 is 0 Å². The minimum atomic E-state index is 0.924. The van der Waals surface area contributed by atoms with Gasteiger partial charge in [-0.15, -0.1) is 0 Å².